The van der Waals surface area contributed by atoms with Crippen molar-refractivity contribution < 1.29 is 19.1 Å². The van der Waals surface area contributed by atoms with Gasteiger partial charge in [0.05, 0.1) is 25.2 Å². The van der Waals surface area contributed by atoms with E-state index in [2.05, 4.69) is 10.6 Å². The number of thioether (sulfide) groups is 1. The van der Waals surface area contributed by atoms with Crippen LogP contribution in [-0.4, -0.2) is 31.3 Å². The Kier molecular flexibility index (Phi) is 7.57. The number of amides is 2. The number of anilines is 2. The van der Waals surface area contributed by atoms with Crippen molar-refractivity contribution in [3.05, 3.63) is 90.5 Å². The number of ether oxygens (including phenoxy) is 2. The molecule has 0 spiro atoms. The van der Waals surface area contributed by atoms with Crippen LogP contribution in [-0.2, 0) is 4.79 Å². The number of rotatable bonds is 8. The average Bonchev–Trinajstić information content (AvgIpc) is 2.89. The maximum Gasteiger partial charge on any atom is 0.255 e. The predicted molar refractivity (Wildman–Crippen MR) is 142 cm³/mol. The third kappa shape index (κ3) is 5.94. The summed E-state index contributed by atoms with van der Waals surface area (Å²) in [6, 6.07) is 26.2. The molecule has 6 nitrogen and oxygen atoms in total. The summed E-state index contributed by atoms with van der Waals surface area (Å²) in [6.45, 7) is 1.84. The van der Waals surface area contributed by atoms with Crippen LogP contribution in [0.1, 0.15) is 17.3 Å². The maximum absolute atomic E-state index is 12.8. The predicted octanol–water partition coefficient (Wildman–Crippen LogP) is 6.23. The Morgan fingerprint density at radius 3 is 2.26 bits per heavy atom. The highest BCUT2D eigenvalue weighted by atomic mass is 32.2. The highest BCUT2D eigenvalue weighted by molar-refractivity contribution is 8.00. The van der Waals surface area contributed by atoms with E-state index in [0.29, 0.717) is 28.4 Å². The van der Waals surface area contributed by atoms with Gasteiger partial charge in [-0.15, -0.1) is 11.8 Å². The third-order valence-corrected chi connectivity index (χ3v) is 6.58. The zero-order valence-corrected chi connectivity index (χ0v) is 20.5. The van der Waals surface area contributed by atoms with E-state index in [1.165, 1.54) is 11.8 Å². The smallest absolute Gasteiger partial charge is 0.255 e. The van der Waals surface area contributed by atoms with Crippen LogP contribution in [0.2, 0.25) is 0 Å². The summed E-state index contributed by atoms with van der Waals surface area (Å²) in [5, 5.41) is 7.58. The van der Waals surface area contributed by atoms with Crippen molar-refractivity contribution in [2.75, 3.05) is 24.9 Å². The van der Waals surface area contributed by atoms with Crippen molar-refractivity contribution in [3.8, 4) is 11.5 Å². The van der Waals surface area contributed by atoms with Crippen molar-refractivity contribution in [1.29, 1.82) is 0 Å². The molecule has 4 rings (SSSR count). The van der Waals surface area contributed by atoms with Crippen LogP contribution in [0.4, 0.5) is 11.4 Å². The van der Waals surface area contributed by atoms with E-state index < -0.39 is 0 Å². The molecule has 0 saturated heterocycles. The molecule has 0 heterocycles. The minimum atomic E-state index is -0.357. The molecule has 1 unspecified atom stereocenters. The topological polar surface area (TPSA) is 76.7 Å². The van der Waals surface area contributed by atoms with Crippen LogP contribution >= 0.6 is 11.8 Å². The molecule has 0 aliphatic carbocycles. The third-order valence-electron chi connectivity index (χ3n) is 5.47. The van der Waals surface area contributed by atoms with Crippen LogP contribution < -0.4 is 20.1 Å². The van der Waals surface area contributed by atoms with E-state index in [0.717, 1.165) is 15.7 Å². The molecule has 0 radical (unpaired) electrons. The molecule has 178 valence electrons. The van der Waals surface area contributed by atoms with Gasteiger partial charge in [-0.1, -0.05) is 30.3 Å². The van der Waals surface area contributed by atoms with Gasteiger partial charge in [-0.25, -0.2) is 0 Å². The number of nitrogens with one attached hydrogen (secondary N) is 2. The summed E-state index contributed by atoms with van der Waals surface area (Å²) in [7, 11) is 3.12. The van der Waals surface area contributed by atoms with Gasteiger partial charge in [-0.3, -0.25) is 9.59 Å². The van der Waals surface area contributed by atoms with E-state index in [1.54, 1.807) is 32.4 Å². The minimum absolute atomic E-state index is 0.157. The molecule has 0 saturated carbocycles. The summed E-state index contributed by atoms with van der Waals surface area (Å²) in [5.74, 6) is 0.858. The lowest BCUT2D eigenvalue weighted by Crippen LogP contribution is -2.22. The molecule has 7 heteroatoms. The molecule has 0 fully saturated rings. The monoisotopic (exact) mass is 486 g/mol. The quantitative estimate of drug-likeness (QED) is 0.289. The molecule has 2 amide bonds. The molecule has 0 aliphatic heterocycles. The van der Waals surface area contributed by atoms with Crippen molar-refractivity contribution in [2.45, 2.75) is 17.1 Å². The van der Waals surface area contributed by atoms with Gasteiger partial charge in [0, 0.05) is 22.2 Å². The normalized spacial score (nSPS) is 11.5. The number of fused-ring (bicyclic) bond motifs is 1. The first-order valence-electron chi connectivity index (χ1n) is 11.1. The summed E-state index contributed by atoms with van der Waals surface area (Å²) in [6.07, 6.45) is 0. The Morgan fingerprint density at radius 1 is 0.800 bits per heavy atom. The van der Waals surface area contributed by atoms with Gasteiger partial charge in [0.25, 0.3) is 5.91 Å². The standard InChI is InChI=1S/C28H26N2O4S/c1-18(27(31)30-25-17-23(33-2)12-15-26(25)34-3)35-24-13-10-22(11-14-24)29-28(32)21-9-8-19-6-4-5-7-20(19)16-21/h4-18H,1-3H3,(H,29,32)(H,30,31). The maximum atomic E-state index is 12.8. The lowest BCUT2D eigenvalue weighted by Gasteiger charge is -2.15. The van der Waals surface area contributed by atoms with Crippen molar-refractivity contribution in [1.82, 2.24) is 0 Å². The van der Waals surface area contributed by atoms with E-state index >= 15 is 0 Å². The van der Waals surface area contributed by atoms with Crippen LogP contribution in [0.25, 0.3) is 10.8 Å². The number of benzene rings is 4. The first kappa shape index (κ1) is 24.2. The van der Waals surface area contributed by atoms with Gasteiger partial charge in [0.2, 0.25) is 5.91 Å². The Morgan fingerprint density at radius 2 is 1.54 bits per heavy atom. The SMILES string of the molecule is COc1ccc(OC)c(NC(=O)C(C)Sc2ccc(NC(=O)c3ccc4ccccc4c3)cc2)c1. The Hall–Kier alpha value is -3.97. The summed E-state index contributed by atoms with van der Waals surface area (Å²) < 4.78 is 10.6. The fourth-order valence-electron chi connectivity index (χ4n) is 3.55. The number of methoxy groups -OCH3 is 2. The van der Waals surface area contributed by atoms with Gasteiger partial charge in [-0.2, -0.15) is 0 Å². The van der Waals surface area contributed by atoms with Crippen molar-refractivity contribution in [3.63, 3.8) is 0 Å². The second kappa shape index (κ2) is 11.0. The second-order valence-electron chi connectivity index (χ2n) is 7.86. The fourth-order valence-corrected chi connectivity index (χ4v) is 4.42. The van der Waals surface area contributed by atoms with E-state index in [1.807, 2.05) is 73.7 Å². The Labute approximate surface area is 208 Å². The highest BCUT2D eigenvalue weighted by Crippen LogP contribution is 2.31. The highest BCUT2D eigenvalue weighted by Gasteiger charge is 2.17. The molecule has 0 bridgehead atoms. The summed E-state index contributed by atoms with van der Waals surface area (Å²) >= 11 is 1.42. The van der Waals surface area contributed by atoms with Crippen LogP contribution in [0.15, 0.2) is 89.8 Å². The summed E-state index contributed by atoms with van der Waals surface area (Å²) in [4.78, 5) is 26.4. The molecular formula is C28H26N2O4S. The molecule has 1 atom stereocenters. The number of hydrogen-bond acceptors (Lipinski definition) is 5. The van der Waals surface area contributed by atoms with E-state index in [-0.39, 0.29) is 17.1 Å². The minimum Gasteiger partial charge on any atom is -0.497 e. The van der Waals surface area contributed by atoms with Crippen molar-refractivity contribution >= 4 is 45.7 Å². The largest absolute Gasteiger partial charge is 0.497 e. The first-order valence-corrected chi connectivity index (χ1v) is 11.9. The molecule has 0 aromatic heterocycles. The number of carbonyl (C=O) groups excluding carboxylic acids is 2. The first-order chi connectivity index (χ1) is 17.0. The van der Waals surface area contributed by atoms with E-state index in [4.69, 9.17) is 9.47 Å². The second-order valence-corrected chi connectivity index (χ2v) is 9.27. The molecule has 35 heavy (non-hydrogen) atoms. The molecule has 0 aliphatic rings. The Balaban J connectivity index is 1.37. The summed E-state index contributed by atoms with van der Waals surface area (Å²) in [5.41, 5.74) is 1.84. The van der Waals surface area contributed by atoms with Crippen LogP contribution in [0, 0.1) is 0 Å². The Bertz CT molecular complexity index is 1350. The zero-order chi connectivity index (χ0) is 24.8. The fraction of sp³-hybridized carbons (Fsp3) is 0.143. The van der Waals surface area contributed by atoms with Gasteiger partial charge >= 0.3 is 0 Å². The van der Waals surface area contributed by atoms with Gasteiger partial charge < -0.3 is 20.1 Å². The van der Waals surface area contributed by atoms with Crippen molar-refractivity contribution in [2.24, 2.45) is 0 Å². The molecular weight excluding hydrogens is 460 g/mol. The van der Waals surface area contributed by atoms with Gasteiger partial charge in [0.15, 0.2) is 0 Å². The zero-order valence-electron chi connectivity index (χ0n) is 19.7. The molecule has 2 N–H and O–H groups in total. The molecule has 4 aromatic rings. The van der Waals surface area contributed by atoms with Crippen LogP contribution in [0.5, 0.6) is 11.5 Å². The van der Waals surface area contributed by atoms with Gasteiger partial charge in [0.1, 0.15) is 11.5 Å². The lowest BCUT2D eigenvalue weighted by molar-refractivity contribution is -0.115. The average molecular weight is 487 g/mol. The number of carbonyl (C=O) groups is 2. The van der Waals surface area contributed by atoms with Gasteiger partial charge in [-0.05, 0) is 66.2 Å². The number of hydrogen-bond donors (Lipinski definition) is 2. The lowest BCUT2D eigenvalue weighted by atomic mass is 10.1. The van der Waals surface area contributed by atoms with E-state index in [9.17, 15) is 9.59 Å². The molecule has 4 aromatic carbocycles. The van der Waals surface area contributed by atoms with Crippen LogP contribution in [0.3, 0.4) is 0 Å².